The number of carboxylic acids is 1. The molecular formula is C13H12ClFN2O3. The van der Waals surface area contributed by atoms with Gasteiger partial charge in [-0.3, -0.25) is 4.79 Å². The number of nitrogens with zero attached hydrogens (tertiary/aromatic N) is 2. The summed E-state index contributed by atoms with van der Waals surface area (Å²) in [5.74, 6) is -2.23. The van der Waals surface area contributed by atoms with E-state index in [2.05, 4.69) is 4.98 Å². The van der Waals surface area contributed by atoms with E-state index in [0.717, 1.165) is 6.07 Å². The van der Waals surface area contributed by atoms with Gasteiger partial charge in [0.15, 0.2) is 11.0 Å². The smallest absolute Gasteiger partial charge is 0.341 e. The molecule has 0 spiro atoms. The Kier molecular flexibility index (Phi) is 3.29. The molecule has 0 saturated carbocycles. The van der Waals surface area contributed by atoms with E-state index in [1.54, 1.807) is 0 Å². The van der Waals surface area contributed by atoms with Crippen LogP contribution in [0.25, 0.3) is 11.0 Å². The minimum atomic E-state index is -1.37. The van der Waals surface area contributed by atoms with Crippen LogP contribution in [0, 0.1) is 5.82 Å². The number of rotatable bonds is 1. The van der Waals surface area contributed by atoms with Crippen LogP contribution < -0.4 is 5.43 Å². The van der Waals surface area contributed by atoms with Gasteiger partial charge in [-0.25, -0.2) is 14.2 Å². The first-order chi connectivity index (χ1) is 9.12. The Labute approximate surface area is 118 Å². The van der Waals surface area contributed by atoms with E-state index in [0.29, 0.717) is 0 Å². The number of hydrogen-bond donors (Lipinski definition) is 1. The van der Waals surface area contributed by atoms with Crippen LogP contribution in [-0.4, -0.2) is 20.6 Å². The molecular weight excluding hydrogens is 287 g/mol. The number of hydrogen-bond acceptors (Lipinski definition) is 3. The summed E-state index contributed by atoms with van der Waals surface area (Å²) in [4.78, 5) is 27.1. The van der Waals surface area contributed by atoms with Crippen LogP contribution in [0.3, 0.4) is 0 Å². The third kappa shape index (κ3) is 2.27. The number of pyridine rings is 2. The van der Waals surface area contributed by atoms with E-state index in [-0.39, 0.29) is 16.2 Å². The van der Waals surface area contributed by atoms with E-state index in [9.17, 15) is 14.0 Å². The van der Waals surface area contributed by atoms with Gasteiger partial charge in [-0.05, 0) is 26.8 Å². The van der Waals surface area contributed by atoms with Crippen molar-refractivity contribution >= 4 is 28.6 Å². The second kappa shape index (κ2) is 4.56. The van der Waals surface area contributed by atoms with Crippen molar-refractivity contribution in [1.29, 1.82) is 0 Å². The number of carboxylic acid groups (broad SMARTS) is 1. The molecule has 106 valence electrons. The van der Waals surface area contributed by atoms with Gasteiger partial charge < -0.3 is 9.67 Å². The number of fused-ring (bicyclic) bond motifs is 1. The number of aromatic nitrogens is 2. The van der Waals surface area contributed by atoms with Gasteiger partial charge in [-0.2, -0.15) is 0 Å². The van der Waals surface area contributed by atoms with Crippen LogP contribution in [0.4, 0.5) is 4.39 Å². The molecule has 7 heteroatoms. The molecule has 0 aromatic carbocycles. The summed E-state index contributed by atoms with van der Waals surface area (Å²) < 4.78 is 15.0. The van der Waals surface area contributed by atoms with Crippen molar-refractivity contribution in [3.8, 4) is 0 Å². The zero-order chi connectivity index (χ0) is 15.2. The van der Waals surface area contributed by atoms with Crippen molar-refractivity contribution in [3.63, 3.8) is 0 Å². The predicted octanol–water partition coefficient (Wildman–Crippen LogP) is 2.64. The largest absolute Gasteiger partial charge is 0.477 e. The Hall–Kier alpha value is -1.95. The van der Waals surface area contributed by atoms with Crippen molar-refractivity contribution in [1.82, 2.24) is 9.55 Å². The first-order valence-electron chi connectivity index (χ1n) is 5.78. The molecule has 0 fully saturated rings. The van der Waals surface area contributed by atoms with Crippen LogP contribution in [0.15, 0.2) is 17.1 Å². The lowest BCUT2D eigenvalue weighted by Gasteiger charge is -2.25. The highest BCUT2D eigenvalue weighted by atomic mass is 35.5. The second-order valence-electron chi connectivity index (χ2n) is 5.35. The van der Waals surface area contributed by atoms with Crippen LogP contribution in [0.5, 0.6) is 0 Å². The molecule has 0 bridgehead atoms. The molecule has 2 aromatic heterocycles. The van der Waals surface area contributed by atoms with Gasteiger partial charge >= 0.3 is 5.97 Å². The Morgan fingerprint density at radius 1 is 1.45 bits per heavy atom. The molecule has 0 radical (unpaired) electrons. The van der Waals surface area contributed by atoms with Crippen LogP contribution in [0.2, 0.25) is 5.15 Å². The summed E-state index contributed by atoms with van der Waals surface area (Å²) in [7, 11) is 0. The summed E-state index contributed by atoms with van der Waals surface area (Å²) >= 11 is 5.65. The molecule has 2 aromatic rings. The maximum absolute atomic E-state index is 13.5. The average molecular weight is 299 g/mol. The number of aromatic carboxylic acids is 1. The first-order valence-corrected chi connectivity index (χ1v) is 6.16. The van der Waals surface area contributed by atoms with Crippen molar-refractivity contribution in [2.75, 3.05) is 0 Å². The maximum atomic E-state index is 13.5. The van der Waals surface area contributed by atoms with Crippen molar-refractivity contribution < 1.29 is 14.3 Å². The lowest BCUT2D eigenvalue weighted by Crippen LogP contribution is -2.28. The van der Waals surface area contributed by atoms with Gasteiger partial charge in [0.25, 0.3) is 0 Å². The molecule has 2 rings (SSSR count). The highest BCUT2D eigenvalue weighted by molar-refractivity contribution is 6.29. The minimum absolute atomic E-state index is 0.110. The lowest BCUT2D eigenvalue weighted by molar-refractivity contribution is 0.0694. The van der Waals surface area contributed by atoms with E-state index in [4.69, 9.17) is 16.7 Å². The van der Waals surface area contributed by atoms with Crippen LogP contribution in [0.1, 0.15) is 31.1 Å². The molecule has 0 aliphatic rings. The fourth-order valence-corrected chi connectivity index (χ4v) is 2.00. The molecule has 0 atom stereocenters. The second-order valence-corrected chi connectivity index (χ2v) is 5.71. The van der Waals surface area contributed by atoms with E-state index in [1.807, 2.05) is 20.8 Å². The molecule has 20 heavy (non-hydrogen) atoms. The predicted molar refractivity (Wildman–Crippen MR) is 72.9 cm³/mol. The summed E-state index contributed by atoms with van der Waals surface area (Å²) in [6.07, 6.45) is 1.20. The fraction of sp³-hybridized carbons (Fsp3) is 0.308. The molecule has 0 saturated heterocycles. The van der Waals surface area contributed by atoms with E-state index in [1.165, 1.54) is 10.8 Å². The Balaban J connectivity index is 3.05. The average Bonchev–Trinajstić information content (AvgIpc) is 2.30. The van der Waals surface area contributed by atoms with Gasteiger partial charge in [0.1, 0.15) is 11.2 Å². The van der Waals surface area contributed by atoms with Gasteiger partial charge in [0.2, 0.25) is 5.43 Å². The van der Waals surface area contributed by atoms with Gasteiger partial charge in [-0.15, -0.1) is 0 Å². The Morgan fingerprint density at radius 2 is 2.05 bits per heavy atom. The van der Waals surface area contributed by atoms with Gasteiger partial charge in [0, 0.05) is 11.7 Å². The molecule has 1 N–H and O–H groups in total. The number of halogens is 2. The fourth-order valence-electron chi connectivity index (χ4n) is 1.87. The topological polar surface area (TPSA) is 72.2 Å². The van der Waals surface area contributed by atoms with Gasteiger partial charge in [-0.1, -0.05) is 11.6 Å². The molecule has 0 aliphatic carbocycles. The maximum Gasteiger partial charge on any atom is 0.341 e. The molecule has 0 aliphatic heterocycles. The van der Waals surface area contributed by atoms with Gasteiger partial charge in [0.05, 0.1) is 5.39 Å². The highest BCUT2D eigenvalue weighted by Crippen LogP contribution is 2.23. The highest BCUT2D eigenvalue weighted by Gasteiger charge is 2.22. The standard InChI is InChI=1S/C13H12ClFN2O3/c1-13(2,3)17-5-7(12(19)20)9(18)6-4-8(15)10(14)16-11(6)17/h4-5H,1-3H3,(H,19,20). The molecule has 0 amide bonds. The molecule has 2 heterocycles. The summed E-state index contributed by atoms with van der Waals surface area (Å²) in [6.45, 7) is 5.42. The Morgan fingerprint density at radius 3 is 2.55 bits per heavy atom. The summed E-state index contributed by atoms with van der Waals surface area (Å²) in [5.41, 5.74) is -1.62. The first kappa shape index (κ1) is 14.5. The van der Waals surface area contributed by atoms with Crippen molar-refractivity contribution in [2.24, 2.45) is 0 Å². The monoisotopic (exact) mass is 298 g/mol. The van der Waals surface area contributed by atoms with Crippen molar-refractivity contribution in [3.05, 3.63) is 39.0 Å². The third-order valence-electron chi connectivity index (χ3n) is 2.84. The van der Waals surface area contributed by atoms with Crippen LogP contribution >= 0.6 is 11.6 Å². The SMILES string of the molecule is CC(C)(C)n1cc(C(=O)O)c(=O)c2cc(F)c(Cl)nc21. The quantitative estimate of drug-likeness (QED) is 0.822. The lowest BCUT2D eigenvalue weighted by atomic mass is 10.1. The summed E-state index contributed by atoms with van der Waals surface area (Å²) in [5, 5.41) is 8.61. The Bertz CT molecular complexity index is 778. The summed E-state index contributed by atoms with van der Waals surface area (Å²) in [6, 6.07) is 0.918. The van der Waals surface area contributed by atoms with Crippen molar-refractivity contribution in [2.45, 2.75) is 26.3 Å². The zero-order valence-corrected chi connectivity index (χ0v) is 11.8. The zero-order valence-electron chi connectivity index (χ0n) is 11.1. The third-order valence-corrected chi connectivity index (χ3v) is 3.11. The molecule has 5 nitrogen and oxygen atoms in total. The van der Waals surface area contributed by atoms with Crippen LogP contribution in [-0.2, 0) is 5.54 Å². The number of carbonyl (C=O) groups is 1. The van der Waals surface area contributed by atoms with E-state index < -0.39 is 28.3 Å². The normalized spacial score (nSPS) is 11.8. The molecule has 0 unspecified atom stereocenters. The van der Waals surface area contributed by atoms with E-state index >= 15 is 0 Å². The minimum Gasteiger partial charge on any atom is -0.477 e.